The van der Waals surface area contributed by atoms with Crippen LogP contribution in [0.1, 0.15) is 17.4 Å². The molecule has 138 valence electrons. The van der Waals surface area contributed by atoms with Gasteiger partial charge in [0.05, 0.1) is 11.2 Å². The molecule has 0 bridgehead atoms. The Labute approximate surface area is 165 Å². The molecule has 8 heteroatoms. The highest BCUT2D eigenvalue weighted by Crippen LogP contribution is 2.23. The van der Waals surface area contributed by atoms with Gasteiger partial charge in [0.2, 0.25) is 0 Å². The van der Waals surface area contributed by atoms with Gasteiger partial charge in [0.15, 0.2) is 17.0 Å². The Hall–Kier alpha value is -2.64. The first-order valence-electron chi connectivity index (χ1n) is 8.05. The van der Waals surface area contributed by atoms with E-state index in [1.165, 1.54) is 24.9 Å². The number of carbonyl (C=O) groups is 2. The average Bonchev–Trinajstić information content (AvgIpc) is 2.68. The topological polar surface area (TPSA) is 81.2 Å². The number of fused-ring (bicyclic) bond motifs is 1. The lowest BCUT2D eigenvalue weighted by molar-refractivity contribution is -0.123. The van der Waals surface area contributed by atoms with E-state index >= 15 is 0 Å². The molecule has 1 aromatic heterocycles. The van der Waals surface area contributed by atoms with Crippen LogP contribution in [-0.4, -0.2) is 34.2 Å². The lowest BCUT2D eigenvalue weighted by Gasteiger charge is -2.15. The number of ether oxygens (including phenoxy) is 1. The van der Waals surface area contributed by atoms with Crippen molar-refractivity contribution in [2.75, 3.05) is 11.6 Å². The maximum atomic E-state index is 12.5. The van der Waals surface area contributed by atoms with Gasteiger partial charge in [-0.2, -0.15) is 0 Å². The van der Waals surface area contributed by atoms with Crippen LogP contribution in [0.2, 0.25) is 5.02 Å². The zero-order chi connectivity index (χ0) is 19.4. The SMILES string of the molecule is CSc1ncc(Cl)c(C(=O)OC(C)C(=O)Nc2cccc3ccccc23)n1. The van der Waals surface area contributed by atoms with Gasteiger partial charge >= 0.3 is 5.97 Å². The van der Waals surface area contributed by atoms with Gasteiger partial charge in [0.25, 0.3) is 5.91 Å². The fourth-order valence-electron chi connectivity index (χ4n) is 2.43. The van der Waals surface area contributed by atoms with Crippen LogP contribution in [0.25, 0.3) is 10.8 Å². The van der Waals surface area contributed by atoms with E-state index in [4.69, 9.17) is 16.3 Å². The van der Waals surface area contributed by atoms with Crippen molar-refractivity contribution in [3.8, 4) is 0 Å². The van der Waals surface area contributed by atoms with Crippen molar-refractivity contribution in [1.82, 2.24) is 9.97 Å². The quantitative estimate of drug-likeness (QED) is 0.392. The largest absolute Gasteiger partial charge is 0.448 e. The zero-order valence-electron chi connectivity index (χ0n) is 14.6. The molecule has 0 aliphatic heterocycles. The molecule has 1 N–H and O–H groups in total. The molecule has 3 aromatic rings. The Balaban J connectivity index is 1.73. The molecule has 0 spiro atoms. The summed E-state index contributed by atoms with van der Waals surface area (Å²) in [5.74, 6) is -1.23. The number of nitrogens with one attached hydrogen (secondary N) is 1. The molecule has 0 fully saturated rings. The molecule has 1 atom stereocenters. The van der Waals surface area contributed by atoms with Gasteiger partial charge in [-0.05, 0) is 24.6 Å². The minimum atomic E-state index is -1.03. The first-order chi connectivity index (χ1) is 13.0. The van der Waals surface area contributed by atoms with Crippen LogP contribution >= 0.6 is 23.4 Å². The van der Waals surface area contributed by atoms with E-state index in [-0.39, 0.29) is 10.7 Å². The number of aromatic nitrogens is 2. The number of thioether (sulfide) groups is 1. The smallest absolute Gasteiger partial charge is 0.359 e. The highest BCUT2D eigenvalue weighted by molar-refractivity contribution is 7.98. The Morgan fingerprint density at radius 1 is 1.19 bits per heavy atom. The van der Waals surface area contributed by atoms with E-state index in [1.807, 2.05) is 36.4 Å². The number of benzene rings is 2. The molecule has 0 radical (unpaired) electrons. The Bertz CT molecular complexity index is 1010. The number of rotatable bonds is 5. The summed E-state index contributed by atoms with van der Waals surface area (Å²) < 4.78 is 5.23. The third kappa shape index (κ3) is 4.37. The summed E-state index contributed by atoms with van der Waals surface area (Å²) in [5, 5.41) is 5.15. The maximum Gasteiger partial charge on any atom is 0.359 e. The van der Waals surface area contributed by atoms with E-state index in [0.717, 1.165) is 10.8 Å². The standard InChI is InChI=1S/C19H16ClN3O3S/c1-11(26-18(25)16-14(20)10-21-19(23-16)27-2)17(24)22-15-9-5-7-12-6-3-4-8-13(12)15/h3-11H,1-2H3,(H,22,24). The predicted molar refractivity (Wildman–Crippen MR) is 106 cm³/mol. The molecule has 27 heavy (non-hydrogen) atoms. The van der Waals surface area contributed by atoms with Gasteiger partial charge < -0.3 is 10.1 Å². The molecule has 1 heterocycles. The normalized spacial score (nSPS) is 11.8. The molecule has 1 amide bonds. The molecule has 6 nitrogen and oxygen atoms in total. The van der Waals surface area contributed by atoms with Crippen molar-refractivity contribution in [2.45, 2.75) is 18.2 Å². The summed E-state index contributed by atoms with van der Waals surface area (Å²) in [5.41, 5.74) is 0.576. The molecule has 3 rings (SSSR count). The first kappa shape index (κ1) is 19.1. The van der Waals surface area contributed by atoms with Crippen molar-refractivity contribution in [2.24, 2.45) is 0 Å². The van der Waals surface area contributed by atoms with E-state index in [1.54, 1.807) is 12.3 Å². The Morgan fingerprint density at radius 2 is 1.93 bits per heavy atom. The minimum Gasteiger partial charge on any atom is -0.448 e. The van der Waals surface area contributed by atoms with E-state index in [0.29, 0.717) is 10.8 Å². The summed E-state index contributed by atoms with van der Waals surface area (Å²) in [6.07, 6.45) is 2.08. The van der Waals surface area contributed by atoms with Crippen LogP contribution in [0.15, 0.2) is 53.8 Å². The van der Waals surface area contributed by atoms with Gasteiger partial charge in [0.1, 0.15) is 0 Å². The second kappa shape index (κ2) is 8.37. The first-order valence-corrected chi connectivity index (χ1v) is 9.66. The number of halogens is 1. The van der Waals surface area contributed by atoms with Crippen LogP contribution in [0.3, 0.4) is 0 Å². The summed E-state index contributed by atoms with van der Waals surface area (Å²) in [6, 6.07) is 13.3. The van der Waals surface area contributed by atoms with Crippen LogP contribution in [0.5, 0.6) is 0 Å². The fourth-order valence-corrected chi connectivity index (χ4v) is 2.94. The molecular weight excluding hydrogens is 386 g/mol. The van der Waals surface area contributed by atoms with Crippen molar-refractivity contribution < 1.29 is 14.3 Å². The average molecular weight is 402 g/mol. The Kier molecular flexibility index (Phi) is 5.93. The highest BCUT2D eigenvalue weighted by atomic mass is 35.5. The van der Waals surface area contributed by atoms with Crippen LogP contribution < -0.4 is 5.32 Å². The van der Waals surface area contributed by atoms with Gasteiger partial charge in [-0.15, -0.1) is 0 Å². The molecule has 1 unspecified atom stereocenters. The number of carbonyl (C=O) groups excluding carboxylic acids is 2. The molecule has 0 aliphatic rings. The van der Waals surface area contributed by atoms with Crippen molar-refractivity contribution >= 4 is 51.7 Å². The fraction of sp³-hybridized carbons (Fsp3) is 0.158. The molecule has 0 aliphatic carbocycles. The van der Waals surface area contributed by atoms with Crippen LogP contribution in [0.4, 0.5) is 5.69 Å². The molecule has 0 saturated heterocycles. The summed E-state index contributed by atoms with van der Waals surface area (Å²) in [6.45, 7) is 1.49. The maximum absolute atomic E-state index is 12.5. The van der Waals surface area contributed by atoms with Crippen LogP contribution in [0, 0.1) is 0 Å². The van der Waals surface area contributed by atoms with E-state index < -0.39 is 18.0 Å². The highest BCUT2D eigenvalue weighted by Gasteiger charge is 2.23. The van der Waals surface area contributed by atoms with Crippen LogP contribution in [-0.2, 0) is 9.53 Å². The summed E-state index contributed by atoms with van der Waals surface area (Å²) in [7, 11) is 0. The molecular formula is C19H16ClN3O3S. The van der Waals surface area contributed by atoms with Gasteiger partial charge in [0, 0.05) is 11.1 Å². The minimum absolute atomic E-state index is 0.0687. The number of hydrogen-bond donors (Lipinski definition) is 1. The van der Waals surface area contributed by atoms with Crippen molar-refractivity contribution in [1.29, 1.82) is 0 Å². The summed E-state index contributed by atoms with van der Waals surface area (Å²) >= 11 is 7.24. The number of hydrogen-bond acceptors (Lipinski definition) is 6. The summed E-state index contributed by atoms with van der Waals surface area (Å²) in [4.78, 5) is 32.8. The number of anilines is 1. The molecule has 0 saturated carbocycles. The third-order valence-electron chi connectivity index (χ3n) is 3.80. The van der Waals surface area contributed by atoms with Gasteiger partial charge in [-0.3, -0.25) is 4.79 Å². The zero-order valence-corrected chi connectivity index (χ0v) is 16.2. The number of nitrogens with zero attached hydrogens (tertiary/aromatic N) is 2. The third-order valence-corrected chi connectivity index (χ3v) is 4.64. The van der Waals surface area contributed by atoms with E-state index in [9.17, 15) is 9.59 Å². The Morgan fingerprint density at radius 3 is 2.70 bits per heavy atom. The second-order valence-electron chi connectivity index (χ2n) is 5.62. The number of esters is 1. The van der Waals surface area contributed by atoms with E-state index in [2.05, 4.69) is 15.3 Å². The lowest BCUT2D eigenvalue weighted by Crippen LogP contribution is -2.30. The lowest BCUT2D eigenvalue weighted by atomic mass is 10.1. The predicted octanol–water partition coefficient (Wildman–Crippen LogP) is 4.19. The van der Waals surface area contributed by atoms with Gasteiger partial charge in [-0.1, -0.05) is 59.8 Å². The van der Waals surface area contributed by atoms with Crippen molar-refractivity contribution in [3.05, 3.63) is 59.4 Å². The monoisotopic (exact) mass is 401 g/mol. The van der Waals surface area contributed by atoms with Crippen molar-refractivity contribution in [3.63, 3.8) is 0 Å². The molecule has 2 aromatic carbocycles. The second-order valence-corrected chi connectivity index (χ2v) is 6.80. The number of amides is 1. The van der Waals surface area contributed by atoms with Gasteiger partial charge in [-0.25, -0.2) is 14.8 Å².